The Kier molecular flexibility index (Phi) is 6.90. The molecule has 2 aromatic heterocycles. The predicted molar refractivity (Wildman–Crippen MR) is 130 cm³/mol. The lowest BCUT2D eigenvalue weighted by molar-refractivity contribution is 0.121. The highest BCUT2D eigenvalue weighted by Crippen LogP contribution is 2.24. The summed E-state index contributed by atoms with van der Waals surface area (Å²) in [6.07, 6.45) is 6.58. The van der Waals surface area contributed by atoms with Crippen molar-refractivity contribution in [1.29, 1.82) is 0 Å². The summed E-state index contributed by atoms with van der Waals surface area (Å²) < 4.78 is 12.1. The van der Waals surface area contributed by atoms with E-state index in [0.29, 0.717) is 12.5 Å². The molecule has 0 amide bonds. The molecule has 4 aromatic rings. The van der Waals surface area contributed by atoms with E-state index < -0.39 is 0 Å². The molecule has 0 radical (unpaired) electrons. The number of pyridine rings is 2. The van der Waals surface area contributed by atoms with Crippen LogP contribution in [0.3, 0.4) is 0 Å². The second kappa shape index (κ2) is 10.6. The van der Waals surface area contributed by atoms with Gasteiger partial charge < -0.3 is 9.47 Å². The third kappa shape index (κ3) is 5.75. The molecule has 168 valence electrons. The Morgan fingerprint density at radius 2 is 1.91 bits per heavy atom. The molecule has 3 heterocycles. The van der Waals surface area contributed by atoms with Gasteiger partial charge in [0, 0.05) is 49.2 Å². The monoisotopic (exact) mass is 439 g/mol. The van der Waals surface area contributed by atoms with Crippen molar-refractivity contribution in [1.82, 2.24) is 14.9 Å². The Labute approximate surface area is 195 Å². The van der Waals surface area contributed by atoms with Gasteiger partial charge in [0.2, 0.25) is 0 Å². The number of hydrogen-bond donors (Lipinski definition) is 0. The van der Waals surface area contributed by atoms with Crippen LogP contribution in [0.2, 0.25) is 0 Å². The summed E-state index contributed by atoms with van der Waals surface area (Å²) in [6.45, 7) is 4.81. The molecule has 0 bridgehead atoms. The maximum atomic E-state index is 6.13. The van der Waals surface area contributed by atoms with Crippen LogP contribution < -0.4 is 4.74 Å². The lowest BCUT2D eigenvalue weighted by atomic mass is 9.97. The summed E-state index contributed by atoms with van der Waals surface area (Å²) in [6, 6.07) is 23.0. The van der Waals surface area contributed by atoms with Crippen LogP contribution in [0.15, 0.2) is 85.3 Å². The molecule has 33 heavy (non-hydrogen) atoms. The fourth-order valence-electron chi connectivity index (χ4n) is 4.46. The van der Waals surface area contributed by atoms with Crippen molar-refractivity contribution in [2.24, 2.45) is 5.92 Å². The molecular formula is C28H29N3O2. The van der Waals surface area contributed by atoms with Crippen LogP contribution in [-0.4, -0.2) is 41.2 Å². The number of aromatic nitrogens is 2. The van der Waals surface area contributed by atoms with Crippen molar-refractivity contribution in [2.45, 2.75) is 19.6 Å². The SMILES string of the molecule is c1ccc(COc2ccccc2CN2CCOCC(Cc3ccc4cnccc4c3)C2)nc1. The number of rotatable bonds is 7. The molecule has 0 saturated carbocycles. The summed E-state index contributed by atoms with van der Waals surface area (Å²) in [4.78, 5) is 11.1. The van der Waals surface area contributed by atoms with Crippen molar-refractivity contribution in [2.75, 3.05) is 26.3 Å². The van der Waals surface area contributed by atoms with E-state index in [0.717, 1.165) is 50.7 Å². The predicted octanol–water partition coefficient (Wildman–Crippen LogP) is 4.90. The van der Waals surface area contributed by atoms with Crippen molar-refractivity contribution >= 4 is 10.8 Å². The molecule has 5 heteroatoms. The van der Waals surface area contributed by atoms with E-state index in [1.807, 2.05) is 42.7 Å². The largest absolute Gasteiger partial charge is 0.487 e. The first-order valence-corrected chi connectivity index (χ1v) is 11.6. The van der Waals surface area contributed by atoms with Crippen LogP contribution in [0.5, 0.6) is 5.75 Å². The lowest BCUT2D eigenvalue weighted by Crippen LogP contribution is -2.30. The zero-order chi connectivity index (χ0) is 22.3. The molecule has 2 aromatic carbocycles. The molecular weight excluding hydrogens is 410 g/mol. The van der Waals surface area contributed by atoms with Crippen LogP contribution >= 0.6 is 0 Å². The Morgan fingerprint density at radius 3 is 2.85 bits per heavy atom. The highest BCUT2D eigenvalue weighted by Gasteiger charge is 2.20. The van der Waals surface area contributed by atoms with Gasteiger partial charge in [0.15, 0.2) is 0 Å². The van der Waals surface area contributed by atoms with Crippen LogP contribution in [0.4, 0.5) is 0 Å². The van der Waals surface area contributed by atoms with Gasteiger partial charge in [-0.05, 0) is 47.6 Å². The standard InChI is InChI=1S/C28H29N3O2/c1-2-7-28(33-21-27-6-3-4-11-30-27)26(5-1)19-31-13-14-32-20-23(18-31)15-22-8-9-25-17-29-12-10-24(25)16-22/h1-12,16-17,23H,13-15,18-21H2. The van der Waals surface area contributed by atoms with Crippen LogP contribution in [0.1, 0.15) is 16.8 Å². The number of nitrogens with zero attached hydrogens (tertiary/aromatic N) is 3. The van der Waals surface area contributed by atoms with Gasteiger partial charge >= 0.3 is 0 Å². The number of ether oxygens (including phenoxy) is 2. The highest BCUT2D eigenvalue weighted by molar-refractivity contribution is 5.82. The Bertz CT molecular complexity index is 1180. The number of hydrogen-bond acceptors (Lipinski definition) is 5. The minimum absolute atomic E-state index is 0.452. The van der Waals surface area contributed by atoms with E-state index in [1.54, 1.807) is 6.20 Å². The number of para-hydroxylation sites is 1. The maximum absolute atomic E-state index is 6.13. The summed E-state index contributed by atoms with van der Waals surface area (Å²) in [7, 11) is 0. The van der Waals surface area contributed by atoms with Gasteiger partial charge in [-0.25, -0.2) is 0 Å². The van der Waals surface area contributed by atoms with E-state index in [1.165, 1.54) is 21.9 Å². The third-order valence-corrected chi connectivity index (χ3v) is 6.12. The minimum atomic E-state index is 0.452. The molecule has 1 fully saturated rings. The van der Waals surface area contributed by atoms with Crippen molar-refractivity contribution < 1.29 is 9.47 Å². The van der Waals surface area contributed by atoms with E-state index in [9.17, 15) is 0 Å². The smallest absolute Gasteiger partial charge is 0.130 e. The zero-order valence-corrected chi connectivity index (χ0v) is 18.8. The van der Waals surface area contributed by atoms with Crippen LogP contribution in [0.25, 0.3) is 10.8 Å². The van der Waals surface area contributed by atoms with Crippen molar-refractivity contribution in [3.05, 3.63) is 102 Å². The third-order valence-electron chi connectivity index (χ3n) is 6.12. The van der Waals surface area contributed by atoms with E-state index in [2.05, 4.69) is 51.3 Å². The molecule has 0 spiro atoms. The van der Waals surface area contributed by atoms with Gasteiger partial charge in [-0.2, -0.15) is 0 Å². The molecule has 5 rings (SSSR count). The van der Waals surface area contributed by atoms with Gasteiger partial charge in [-0.3, -0.25) is 14.9 Å². The molecule has 1 unspecified atom stereocenters. The second-order valence-electron chi connectivity index (χ2n) is 8.65. The number of fused-ring (bicyclic) bond motifs is 1. The van der Waals surface area contributed by atoms with Gasteiger partial charge in [0.05, 0.1) is 18.9 Å². The molecule has 1 aliphatic heterocycles. The summed E-state index contributed by atoms with van der Waals surface area (Å²) in [5.41, 5.74) is 3.48. The lowest BCUT2D eigenvalue weighted by Gasteiger charge is -2.24. The van der Waals surface area contributed by atoms with Gasteiger partial charge in [0.1, 0.15) is 12.4 Å². The molecule has 1 atom stereocenters. The van der Waals surface area contributed by atoms with E-state index in [4.69, 9.17) is 9.47 Å². The van der Waals surface area contributed by atoms with Gasteiger partial charge in [-0.15, -0.1) is 0 Å². The van der Waals surface area contributed by atoms with Crippen molar-refractivity contribution in [3.63, 3.8) is 0 Å². The first-order chi connectivity index (χ1) is 16.3. The summed E-state index contributed by atoms with van der Waals surface area (Å²) >= 11 is 0. The molecule has 5 nitrogen and oxygen atoms in total. The fourth-order valence-corrected chi connectivity index (χ4v) is 4.46. The molecule has 0 aliphatic carbocycles. The second-order valence-corrected chi connectivity index (χ2v) is 8.65. The highest BCUT2D eigenvalue weighted by atomic mass is 16.5. The molecule has 1 saturated heterocycles. The first-order valence-electron chi connectivity index (χ1n) is 11.6. The van der Waals surface area contributed by atoms with Crippen LogP contribution in [0, 0.1) is 5.92 Å². The summed E-state index contributed by atoms with van der Waals surface area (Å²) in [5.74, 6) is 1.38. The average molecular weight is 440 g/mol. The van der Waals surface area contributed by atoms with Gasteiger partial charge in [-0.1, -0.05) is 42.5 Å². The fraction of sp³-hybridized carbons (Fsp3) is 0.286. The topological polar surface area (TPSA) is 47.5 Å². The minimum Gasteiger partial charge on any atom is -0.487 e. The Morgan fingerprint density at radius 1 is 0.970 bits per heavy atom. The van der Waals surface area contributed by atoms with Crippen molar-refractivity contribution in [3.8, 4) is 5.75 Å². The Hall–Kier alpha value is -3.28. The first kappa shape index (κ1) is 21.6. The van der Waals surface area contributed by atoms with E-state index in [-0.39, 0.29) is 0 Å². The summed E-state index contributed by atoms with van der Waals surface area (Å²) in [5, 5.41) is 2.43. The number of benzene rings is 2. The van der Waals surface area contributed by atoms with Crippen LogP contribution in [-0.2, 0) is 24.3 Å². The van der Waals surface area contributed by atoms with Gasteiger partial charge in [0.25, 0.3) is 0 Å². The normalized spacial score (nSPS) is 17.0. The average Bonchev–Trinajstić information content (AvgIpc) is 3.09. The Balaban J connectivity index is 1.25. The maximum Gasteiger partial charge on any atom is 0.130 e. The van der Waals surface area contributed by atoms with E-state index >= 15 is 0 Å². The zero-order valence-electron chi connectivity index (χ0n) is 18.8. The molecule has 1 aliphatic rings. The quantitative estimate of drug-likeness (QED) is 0.410. The molecule has 0 N–H and O–H groups in total.